The average molecular weight is 246 g/mol. The van der Waals surface area contributed by atoms with E-state index in [2.05, 4.69) is 21.1 Å². The number of rotatable bonds is 1. The molecule has 1 heterocycles. The van der Waals surface area contributed by atoms with Crippen LogP contribution in [0.2, 0.25) is 5.02 Å². The fraction of sp³-hybridized carbons (Fsp3) is 0.125. The molecule has 0 fully saturated rings. The molecule has 1 aromatic carbocycles. The summed E-state index contributed by atoms with van der Waals surface area (Å²) in [5.74, 6) is 0. The normalized spacial score (nSPS) is 10.8. The van der Waals surface area contributed by atoms with Crippen LogP contribution in [0.15, 0.2) is 22.7 Å². The summed E-state index contributed by atoms with van der Waals surface area (Å²) in [6.45, 7) is 0. The van der Waals surface area contributed by atoms with E-state index in [1.54, 1.807) is 6.07 Å². The quantitative estimate of drug-likeness (QED) is 0.721. The Morgan fingerprint density at radius 1 is 1.50 bits per heavy atom. The Labute approximate surface area is 82.6 Å². The zero-order valence-electron chi connectivity index (χ0n) is 6.05. The first-order valence-corrected chi connectivity index (χ1v) is 4.91. The van der Waals surface area contributed by atoms with Crippen molar-refractivity contribution in [1.82, 2.24) is 5.16 Å². The Kier molecular flexibility index (Phi) is 2.07. The summed E-state index contributed by atoms with van der Waals surface area (Å²) in [6.07, 6.45) is 0. The lowest BCUT2D eigenvalue weighted by Gasteiger charge is -1.88. The first-order valence-electron chi connectivity index (χ1n) is 3.41. The molecular formula is C8H5BrClNO. The predicted octanol–water partition coefficient (Wildman–Crippen LogP) is 3.38. The van der Waals surface area contributed by atoms with Gasteiger partial charge in [-0.1, -0.05) is 32.7 Å². The summed E-state index contributed by atoms with van der Waals surface area (Å²) in [6, 6.07) is 5.49. The van der Waals surface area contributed by atoms with E-state index in [1.165, 1.54) is 0 Å². The van der Waals surface area contributed by atoms with Crippen LogP contribution >= 0.6 is 27.5 Å². The highest BCUT2D eigenvalue weighted by atomic mass is 79.9. The van der Waals surface area contributed by atoms with Gasteiger partial charge in [0.05, 0.1) is 0 Å². The van der Waals surface area contributed by atoms with Gasteiger partial charge < -0.3 is 4.52 Å². The van der Waals surface area contributed by atoms with E-state index < -0.39 is 0 Å². The van der Waals surface area contributed by atoms with Gasteiger partial charge in [-0.2, -0.15) is 0 Å². The van der Waals surface area contributed by atoms with Crippen molar-refractivity contribution >= 4 is 38.5 Å². The molecule has 4 heteroatoms. The Morgan fingerprint density at radius 3 is 3.08 bits per heavy atom. The summed E-state index contributed by atoms with van der Waals surface area (Å²) in [5.41, 5.74) is 1.64. The van der Waals surface area contributed by atoms with Crippen LogP contribution in [0.1, 0.15) is 5.69 Å². The maximum absolute atomic E-state index is 5.77. The van der Waals surface area contributed by atoms with Crippen LogP contribution in [0.4, 0.5) is 0 Å². The van der Waals surface area contributed by atoms with E-state index in [9.17, 15) is 0 Å². The van der Waals surface area contributed by atoms with Crippen molar-refractivity contribution in [2.45, 2.75) is 5.33 Å². The topological polar surface area (TPSA) is 26.0 Å². The Hall–Kier alpha value is -0.540. The number of hydrogen-bond acceptors (Lipinski definition) is 2. The van der Waals surface area contributed by atoms with Crippen LogP contribution < -0.4 is 0 Å². The lowest BCUT2D eigenvalue weighted by atomic mass is 10.2. The summed E-state index contributed by atoms with van der Waals surface area (Å²) in [4.78, 5) is 0. The van der Waals surface area contributed by atoms with Crippen LogP contribution in [0, 0.1) is 0 Å². The molecule has 0 aliphatic rings. The average Bonchev–Trinajstić information content (AvgIpc) is 2.46. The van der Waals surface area contributed by atoms with E-state index in [-0.39, 0.29) is 0 Å². The smallest absolute Gasteiger partial charge is 0.168 e. The number of halogens is 2. The van der Waals surface area contributed by atoms with Gasteiger partial charge in [-0.25, -0.2) is 0 Å². The molecule has 0 aliphatic carbocycles. The van der Waals surface area contributed by atoms with Gasteiger partial charge in [0, 0.05) is 21.8 Å². The number of hydrogen-bond donors (Lipinski definition) is 0. The van der Waals surface area contributed by atoms with Crippen LogP contribution in [0.25, 0.3) is 11.0 Å². The summed E-state index contributed by atoms with van der Waals surface area (Å²) in [5, 5.41) is 6.25. The summed E-state index contributed by atoms with van der Waals surface area (Å²) < 4.78 is 5.06. The Bertz CT molecular complexity index is 412. The number of benzene rings is 1. The van der Waals surface area contributed by atoms with Crippen molar-refractivity contribution in [1.29, 1.82) is 0 Å². The molecule has 0 saturated heterocycles. The minimum absolute atomic E-state index is 0.666. The third-order valence-electron chi connectivity index (χ3n) is 1.64. The zero-order chi connectivity index (χ0) is 8.55. The van der Waals surface area contributed by atoms with Gasteiger partial charge in [0.1, 0.15) is 5.69 Å². The predicted molar refractivity (Wildman–Crippen MR) is 51.7 cm³/mol. The first kappa shape index (κ1) is 8.08. The molecule has 2 aromatic rings. The van der Waals surface area contributed by atoms with Gasteiger partial charge in [-0.05, 0) is 12.1 Å². The number of alkyl halides is 1. The van der Waals surface area contributed by atoms with E-state index in [0.29, 0.717) is 10.4 Å². The zero-order valence-corrected chi connectivity index (χ0v) is 8.39. The second-order valence-corrected chi connectivity index (χ2v) is 3.40. The van der Waals surface area contributed by atoms with Crippen molar-refractivity contribution in [3.05, 3.63) is 28.9 Å². The molecular weight excluding hydrogens is 241 g/mol. The minimum atomic E-state index is 0.666. The highest BCUT2D eigenvalue weighted by Crippen LogP contribution is 2.23. The van der Waals surface area contributed by atoms with Gasteiger partial charge >= 0.3 is 0 Å². The summed E-state index contributed by atoms with van der Waals surface area (Å²) >= 11 is 9.09. The first-order chi connectivity index (χ1) is 5.81. The molecule has 12 heavy (non-hydrogen) atoms. The molecule has 0 N–H and O–H groups in total. The molecule has 0 unspecified atom stereocenters. The second kappa shape index (κ2) is 3.07. The van der Waals surface area contributed by atoms with Gasteiger partial charge in [0.25, 0.3) is 0 Å². The molecule has 1 aromatic heterocycles. The van der Waals surface area contributed by atoms with E-state index in [0.717, 1.165) is 16.7 Å². The lowest BCUT2D eigenvalue weighted by Crippen LogP contribution is -1.74. The van der Waals surface area contributed by atoms with Gasteiger partial charge in [-0.15, -0.1) is 0 Å². The molecule has 62 valence electrons. The van der Waals surface area contributed by atoms with Crippen LogP contribution in [0.5, 0.6) is 0 Å². The maximum Gasteiger partial charge on any atom is 0.168 e. The standard InChI is InChI=1S/C8H5BrClNO/c9-4-7-6-2-1-5(10)3-8(6)12-11-7/h1-3H,4H2. The van der Waals surface area contributed by atoms with Crippen LogP contribution in [-0.2, 0) is 5.33 Å². The number of fused-ring (bicyclic) bond motifs is 1. The van der Waals surface area contributed by atoms with Crippen molar-refractivity contribution < 1.29 is 4.52 Å². The maximum atomic E-state index is 5.77. The fourth-order valence-corrected chi connectivity index (χ4v) is 1.63. The number of nitrogens with zero attached hydrogens (tertiary/aromatic N) is 1. The van der Waals surface area contributed by atoms with Crippen LogP contribution in [0.3, 0.4) is 0 Å². The van der Waals surface area contributed by atoms with Crippen LogP contribution in [-0.4, -0.2) is 5.16 Å². The molecule has 2 nitrogen and oxygen atoms in total. The Morgan fingerprint density at radius 2 is 2.33 bits per heavy atom. The van der Waals surface area contributed by atoms with E-state index >= 15 is 0 Å². The molecule has 0 bridgehead atoms. The monoisotopic (exact) mass is 245 g/mol. The largest absolute Gasteiger partial charge is 0.356 e. The third kappa shape index (κ3) is 1.23. The Balaban J connectivity index is 2.73. The highest BCUT2D eigenvalue weighted by Gasteiger charge is 2.05. The van der Waals surface area contributed by atoms with Crippen molar-refractivity contribution in [2.24, 2.45) is 0 Å². The van der Waals surface area contributed by atoms with Gasteiger partial charge in [-0.3, -0.25) is 0 Å². The van der Waals surface area contributed by atoms with Crippen molar-refractivity contribution in [3.63, 3.8) is 0 Å². The molecule has 2 rings (SSSR count). The van der Waals surface area contributed by atoms with Gasteiger partial charge in [0.15, 0.2) is 5.58 Å². The molecule has 0 saturated carbocycles. The number of aromatic nitrogens is 1. The fourth-order valence-electron chi connectivity index (χ4n) is 1.06. The van der Waals surface area contributed by atoms with E-state index in [4.69, 9.17) is 16.1 Å². The third-order valence-corrected chi connectivity index (χ3v) is 2.40. The van der Waals surface area contributed by atoms with E-state index in [1.807, 2.05) is 12.1 Å². The summed E-state index contributed by atoms with van der Waals surface area (Å²) in [7, 11) is 0. The highest BCUT2D eigenvalue weighted by molar-refractivity contribution is 9.08. The lowest BCUT2D eigenvalue weighted by molar-refractivity contribution is 0.450. The van der Waals surface area contributed by atoms with Crippen molar-refractivity contribution in [3.8, 4) is 0 Å². The minimum Gasteiger partial charge on any atom is -0.356 e. The second-order valence-electron chi connectivity index (χ2n) is 2.40. The van der Waals surface area contributed by atoms with Crippen molar-refractivity contribution in [2.75, 3.05) is 0 Å². The SMILES string of the molecule is Clc1ccc2c(CBr)noc2c1. The molecule has 0 atom stereocenters. The molecule has 0 spiro atoms. The molecule has 0 amide bonds. The van der Waals surface area contributed by atoms with Gasteiger partial charge in [0.2, 0.25) is 0 Å². The molecule has 0 radical (unpaired) electrons. The molecule has 0 aliphatic heterocycles.